The highest BCUT2D eigenvalue weighted by Gasteiger charge is 2.35. The lowest BCUT2D eigenvalue weighted by Crippen LogP contribution is -2.41. The number of nitrogens with zero attached hydrogens (tertiary/aromatic N) is 1. The van der Waals surface area contributed by atoms with Crippen LogP contribution >= 0.6 is 0 Å². The average molecular weight is 293 g/mol. The van der Waals surface area contributed by atoms with Gasteiger partial charge in [0.05, 0.1) is 17.1 Å². The maximum Gasteiger partial charge on any atom is 0.418 e. The molecule has 4 nitrogen and oxygen atoms in total. The molecule has 1 aliphatic heterocycles. The lowest BCUT2D eigenvalue weighted by molar-refractivity contribution is -0.137. The summed E-state index contributed by atoms with van der Waals surface area (Å²) < 4.78 is 61.3. The van der Waals surface area contributed by atoms with E-state index in [0.717, 1.165) is 6.07 Å². The Labute approximate surface area is 108 Å². The van der Waals surface area contributed by atoms with Crippen molar-refractivity contribution < 1.29 is 21.6 Å². The van der Waals surface area contributed by atoms with Gasteiger partial charge < -0.3 is 10.6 Å². The van der Waals surface area contributed by atoms with Crippen molar-refractivity contribution in [1.29, 1.82) is 0 Å². The highest BCUT2D eigenvalue weighted by molar-refractivity contribution is 7.91. The Morgan fingerprint density at radius 3 is 2.26 bits per heavy atom. The number of hydrogen-bond acceptors (Lipinski definition) is 3. The van der Waals surface area contributed by atoms with E-state index in [2.05, 4.69) is 0 Å². The Morgan fingerprint density at radius 2 is 1.74 bits per heavy atom. The fourth-order valence-corrected chi connectivity index (χ4v) is 3.19. The van der Waals surface area contributed by atoms with Gasteiger partial charge >= 0.3 is 6.18 Å². The molecule has 1 aliphatic rings. The lowest BCUT2D eigenvalue weighted by atomic mass is 10.1. The third-order valence-corrected chi connectivity index (χ3v) is 4.60. The standard InChI is InChI=1S/C11H12F3N2O2S/c12-11(13,14)9-7-8(15)1-2-10(9)16-3-5-19(17,18)6-4-16/h1-2,7,15H,3-6H2/q-1. The number of sulfone groups is 1. The number of rotatable bonds is 1. The fraction of sp³-hybridized carbons (Fsp3) is 0.455. The van der Waals surface area contributed by atoms with Gasteiger partial charge in [0.1, 0.15) is 0 Å². The zero-order valence-corrected chi connectivity index (χ0v) is 10.7. The maximum atomic E-state index is 12.9. The monoisotopic (exact) mass is 293 g/mol. The van der Waals surface area contributed by atoms with E-state index in [1.165, 1.54) is 17.0 Å². The zero-order valence-electron chi connectivity index (χ0n) is 9.87. The summed E-state index contributed by atoms with van der Waals surface area (Å²) in [6.07, 6.45) is -4.55. The SMILES string of the molecule is [NH-]c1ccc(N2CCS(=O)(=O)CC2)c(C(F)(F)F)c1. The van der Waals surface area contributed by atoms with Crippen molar-refractivity contribution in [3.8, 4) is 0 Å². The molecule has 0 aromatic heterocycles. The largest absolute Gasteiger partial charge is 0.699 e. The molecule has 1 aromatic rings. The minimum atomic E-state index is -4.55. The second-order valence-electron chi connectivity index (χ2n) is 4.37. The van der Waals surface area contributed by atoms with Crippen LogP contribution in [0.1, 0.15) is 5.56 Å². The topological polar surface area (TPSA) is 61.2 Å². The van der Waals surface area contributed by atoms with E-state index < -0.39 is 21.6 Å². The molecule has 1 heterocycles. The van der Waals surface area contributed by atoms with Crippen molar-refractivity contribution in [2.45, 2.75) is 6.18 Å². The normalized spacial score (nSPS) is 19.4. The molecule has 0 radical (unpaired) electrons. The number of benzene rings is 1. The van der Waals surface area contributed by atoms with Crippen LogP contribution in [0.25, 0.3) is 5.73 Å². The maximum absolute atomic E-state index is 12.9. The first-order chi connectivity index (χ1) is 8.69. The fourth-order valence-electron chi connectivity index (χ4n) is 1.99. The van der Waals surface area contributed by atoms with Gasteiger partial charge in [0.2, 0.25) is 0 Å². The number of nitrogens with one attached hydrogen (secondary N) is 1. The summed E-state index contributed by atoms with van der Waals surface area (Å²) in [6.45, 7) is 0.0888. The quantitative estimate of drug-likeness (QED) is 0.799. The van der Waals surface area contributed by atoms with Crippen molar-refractivity contribution in [1.82, 2.24) is 0 Å². The van der Waals surface area contributed by atoms with Gasteiger partial charge in [-0.15, -0.1) is 5.69 Å². The highest BCUT2D eigenvalue weighted by atomic mass is 32.2. The van der Waals surface area contributed by atoms with E-state index in [1.807, 2.05) is 0 Å². The Hall–Kier alpha value is -1.44. The number of anilines is 1. The summed E-state index contributed by atoms with van der Waals surface area (Å²) in [5.74, 6) is -0.292. The molecule has 0 atom stereocenters. The molecule has 0 aliphatic carbocycles. The lowest BCUT2D eigenvalue weighted by Gasteiger charge is -2.31. The summed E-state index contributed by atoms with van der Waals surface area (Å²) in [5.41, 5.74) is 6.11. The van der Waals surface area contributed by atoms with Crippen molar-refractivity contribution >= 4 is 21.2 Å². The van der Waals surface area contributed by atoms with Crippen LogP contribution in [0, 0.1) is 0 Å². The molecular weight excluding hydrogens is 281 g/mol. The molecule has 1 aromatic carbocycles. The molecule has 1 N–H and O–H groups in total. The van der Waals surface area contributed by atoms with Crippen LogP contribution in [-0.4, -0.2) is 33.0 Å². The van der Waals surface area contributed by atoms with E-state index in [0.29, 0.717) is 0 Å². The summed E-state index contributed by atoms with van der Waals surface area (Å²) in [7, 11) is -3.14. The van der Waals surface area contributed by atoms with E-state index in [4.69, 9.17) is 5.73 Å². The minimum Gasteiger partial charge on any atom is -0.699 e. The van der Waals surface area contributed by atoms with Gasteiger partial charge in [-0.2, -0.15) is 13.2 Å². The summed E-state index contributed by atoms with van der Waals surface area (Å²) in [5, 5.41) is 0. The summed E-state index contributed by atoms with van der Waals surface area (Å²) >= 11 is 0. The summed E-state index contributed by atoms with van der Waals surface area (Å²) in [6, 6.07) is 3.26. The Balaban J connectivity index is 2.35. The van der Waals surface area contributed by atoms with Crippen LogP contribution < -0.4 is 4.90 Å². The van der Waals surface area contributed by atoms with E-state index in [-0.39, 0.29) is 36.0 Å². The molecule has 0 bridgehead atoms. The molecule has 1 fully saturated rings. The average Bonchev–Trinajstić information content (AvgIpc) is 2.28. The molecule has 8 heteroatoms. The number of halogens is 3. The van der Waals surface area contributed by atoms with Gasteiger partial charge in [-0.1, -0.05) is 12.1 Å². The highest BCUT2D eigenvalue weighted by Crippen LogP contribution is 2.39. The Kier molecular flexibility index (Phi) is 3.38. The molecule has 2 rings (SSSR count). The van der Waals surface area contributed by atoms with Crippen molar-refractivity contribution in [3.05, 3.63) is 29.5 Å². The van der Waals surface area contributed by atoms with Crippen LogP contribution in [-0.2, 0) is 16.0 Å². The van der Waals surface area contributed by atoms with Gasteiger partial charge in [0.25, 0.3) is 0 Å². The van der Waals surface area contributed by atoms with Gasteiger partial charge in [-0.3, -0.25) is 0 Å². The molecule has 19 heavy (non-hydrogen) atoms. The first kappa shape index (κ1) is 14.0. The molecule has 106 valence electrons. The minimum absolute atomic E-state index is 0.0444. The van der Waals surface area contributed by atoms with Crippen LogP contribution in [0.5, 0.6) is 0 Å². The van der Waals surface area contributed by atoms with E-state index in [9.17, 15) is 21.6 Å². The van der Waals surface area contributed by atoms with Gasteiger partial charge in [-0.05, 0) is 6.07 Å². The van der Waals surface area contributed by atoms with Crippen molar-refractivity contribution in [2.24, 2.45) is 0 Å². The molecule has 0 spiro atoms. The van der Waals surface area contributed by atoms with Crippen LogP contribution in [0.15, 0.2) is 18.2 Å². The predicted molar refractivity (Wildman–Crippen MR) is 66.3 cm³/mol. The molecular formula is C11H12F3N2O2S-. The van der Waals surface area contributed by atoms with Gasteiger partial charge in [0.15, 0.2) is 9.84 Å². The molecule has 0 unspecified atom stereocenters. The van der Waals surface area contributed by atoms with E-state index in [1.54, 1.807) is 0 Å². The third kappa shape index (κ3) is 3.12. The molecule has 0 saturated carbocycles. The molecule has 1 saturated heterocycles. The molecule has 0 amide bonds. The number of hydrogen-bond donors (Lipinski definition) is 0. The Bertz CT molecular complexity index is 570. The summed E-state index contributed by atoms with van der Waals surface area (Å²) in [4.78, 5) is 1.41. The van der Waals surface area contributed by atoms with Gasteiger partial charge in [-0.25, -0.2) is 8.42 Å². The van der Waals surface area contributed by atoms with Crippen LogP contribution in [0.4, 0.5) is 24.5 Å². The van der Waals surface area contributed by atoms with Crippen LogP contribution in [0.2, 0.25) is 0 Å². The van der Waals surface area contributed by atoms with E-state index >= 15 is 0 Å². The zero-order chi connectivity index (χ0) is 14.3. The van der Waals surface area contributed by atoms with Crippen molar-refractivity contribution in [3.63, 3.8) is 0 Å². The van der Waals surface area contributed by atoms with Gasteiger partial charge in [0, 0.05) is 18.8 Å². The third-order valence-electron chi connectivity index (χ3n) is 2.99. The predicted octanol–water partition coefficient (Wildman–Crippen LogP) is 2.62. The first-order valence-corrected chi connectivity index (χ1v) is 7.39. The Morgan fingerprint density at radius 1 is 1.16 bits per heavy atom. The second kappa shape index (κ2) is 4.59. The smallest absolute Gasteiger partial charge is 0.418 e. The van der Waals surface area contributed by atoms with Crippen LogP contribution in [0.3, 0.4) is 0 Å². The van der Waals surface area contributed by atoms with Crippen molar-refractivity contribution in [2.75, 3.05) is 29.5 Å². The second-order valence-corrected chi connectivity index (χ2v) is 6.67. The first-order valence-electron chi connectivity index (χ1n) is 5.57. The number of alkyl halides is 3.